The Labute approximate surface area is 135 Å². The first-order valence-electron chi connectivity index (χ1n) is 7.39. The Morgan fingerprint density at radius 3 is 2.30 bits per heavy atom. The fourth-order valence-electron chi connectivity index (χ4n) is 2.01. The lowest BCUT2D eigenvalue weighted by Gasteiger charge is -2.17. The highest BCUT2D eigenvalue weighted by atomic mass is 16.6. The fourth-order valence-corrected chi connectivity index (χ4v) is 2.01. The standard InChI is InChI=1S/C18H20O5/c1-13(18(21)23-17(11-19)12-20)14-6-5-9-16(10-14)22-15-7-3-2-4-8-15/h2-10,13,17,19-20H,11-12H2,1H3. The maximum atomic E-state index is 12.1. The number of carbonyl (C=O) groups is 1. The molecule has 0 bridgehead atoms. The highest BCUT2D eigenvalue weighted by Crippen LogP contribution is 2.26. The minimum absolute atomic E-state index is 0.411. The Hall–Kier alpha value is -2.37. The summed E-state index contributed by atoms with van der Waals surface area (Å²) in [7, 11) is 0. The van der Waals surface area contributed by atoms with Gasteiger partial charge < -0.3 is 19.7 Å². The molecular weight excluding hydrogens is 296 g/mol. The van der Waals surface area contributed by atoms with Crippen LogP contribution in [0.1, 0.15) is 18.4 Å². The van der Waals surface area contributed by atoms with Crippen molar-refractivity contribution in [3.8, 4) is 11.5 Å². The summed E-state index contributed by atoms with van der Waals surface area (Å²) in [6, 6.07) is 16.5. The van der Waals surface area contributed by atoms with E-state index in [1.54, 1.807) is 31.2 Å². The number of hydrogen-bond donors (Lipinski definition) is 2. The number of hydrogen-bond acceptors (Lipinski definition) is 5. The molecule has 122 valence electrons. The Kier molecular flexibility index (Phi) is 6.14. The highest BCUT2D eigenvalue weighted by molar-refractivity contribution is 5.78. The third-order valence-corrected chi connectivity index (χ3v) is 3.38. The molecule has 0 aliphatic rings. The van der Waals surface area contributed by atoms with Crippen LogP contribution in [0.25, 0.3) is 0 Å². The predicted octanol–water partition coefficient (Wildman–Crippen LogP) is 2.48. The van der Waals surface area contributed by atoms with Gasteiger partial charge >= 0.3 is 5.97 Å². The van der Waals surface area contributed by atoms with E-state index in [-0.39, 0.29) is 0 Å². The number of aliphatic hydroxyl groups is 2. The number of esters is 1. The molecule has 0 saturated heterocycles. The summed E-state index contributed by atoms with van der Waals surface area (Å²) in [5.41, 5.74) is 0.734. The molecule has 1 unspecified atom stereocenters. The zero-order chi connectivity index (χ0) is 16.7. The minimum atomic E-state index is -0.895. The van der Waals surface area contributed by atoms with Crippen LogP contribution in [0.2, 0.25) is 0 Å². The second-order valence-electron chi connectivity index (χ2n) is 5.13. The molecule has 5 heteroatoms. The van der Waals surface area contributed by atoms with Gasteiger partial charge in [-0.3, -0.25) is 4.79 Å². The van der Waals surface area contributed by atoms with E-state index < -0.39 is 31.2 Å². The lowest BCUT2D eigenvalue weighted by molar-refractivity contribution is -0.154. The summed E-state index contributed by atoms with van der Waals surface area (Å²) in [4.78, 5) is 12.1. The van der Waals surface area contributed by atoms with E-state index in [1.807, 2.05) is 30.3 Å². The summed E-state index contributed by atoms with van der Waals surface area (Å²) in [6.07, 6.45) is -0.895. The molecular formula is C18H20O5. The van der Waals surface area contributed by atoms with Gasteiger partial charge in [0.05, 0.1) is 19.1 Å². The Balaban J connectivity index is 2.08. The van der Waals surface area contributed by atoms with Gasteiger partial charge in [-0.2, -0.15) is 0 Å². The van der Waals surface area contributed by atoms with Gasteiger partial charge in [-0.15, -0.1) is 0 Å². The molecule has 2 rings (SSSR count). The highest BCUT2D eigenvalue weighted by Gasteiger charge is 2.21. The van der Waals surface area contributed by atoms with Gasteiger partial charge in [-0.1, -0.05) is 30.3 Å². The second-order valence-corrected chi connectivity index (χ2v) is 5.13. The maximum absolute atomic E-state index is 12.1. The van der Waals surface area contributed by atoms with Gasteiger partial charge in [0.1, 0.15) is 17.6 Å². The average Bonchev–Trinajstić information content (AvgIpc) is 2.60. The quantitative estimate of drug-likeness (QED) is 0.768. The first-order valence-corrected chi connectivity index (χ1v) is 7.39. The van der Waals surface area contributed by atoms with E-state index in [0.717, 1.165) is 5.56 Å². The van der Waals surface area contributed by atoms with Crippen LogP contribution < -0.4 is 4.74 Å². The van der Waals surface area contributed by atoms with Gasteiger partial charge in [0.25, 0.3) is 0 Å². The first kappa shape index (κ1) is 17.0. The largest absolute Gasteiger partial charge is 0.457 e. The molecule has 5 nitrogen and oxygen atoms in total. The summed E-state index contributed by atoms with van der Waals surface area (Å²) in [6.45, 7) is 0.883. The second kappa shape index (κ2) is 8.31. The fraction of sp³-hybridized carbons (Fsp3) is 0.278. The zero-order valence-electron chi connectivity index (χ0n) is 12.9. The van der Waals surface area contributed by atoms with Crippen LogP contribution in [-0.2, 0) is 9.53 Å². The SMILES string of the molecule is CC(C(=O)OC(CO)CO)c1cccc(Oc2ccccc2)c1. The van der Waals surface area contributed by atoms with Crippen LogP contribution >= 0.6 is 0 Å². The van der Waals surface area contributed by atoms with Crippen LogP contribution in [0.5, 0.6) is 11.5 Å². The third-order valence-electron chi connectivity index (χ3n) is 3.38. The molecule has 0 fully saturated rings. The van der Waals surface area contributed by atoms with Crippen molar-refractivity contribution in [3.63, 3.8) is 0 Å². The zero-order valence-corrected chi connectivity index (χ0v) is 12.9. The number of ether oxygens (including phenoxy) is 2. The molecule has 2 aromatic rings. The van der Waals surface area contributed by atoms with E-state index in [4.69, 9.17) is 19.7 Å². The van der Waals surface area contributed by atoms with Crippen LogP contribution in [-0.4, -0.2) is 35.5 Å². The van der Waals surface area contributed by atoms with Gasteiger partial charge in [-0.25, -0.2) is 0 Å². The van der Waals surface area contributed by atoms with Crippen molar-refractivity contribution in [2.24, 2.45) is 0 Å². The van der Waals surface area contributed by atoms with Gasteiger partial charge in [-0.05, 0) is 36.8 Å². The summed E-state index contributed by atoms with van der Waals surface area (Å²) < 4.78 is 10.8. The number of benzene rings is 2. The van der Waals surface area contributed by atoms with Crippen LogP contribution in [0.4, 0.5) is 0 Å². The average molecular weight is 316 g/mol. The van der Waals surface area contributed by atoms with E-state index in [9.17, 15) is 4.79 Å². The van der Waals surface area contributed by atoms with Crippen molar-refractivity contribution in [3.05, 3.63) is 60.2 Å². The Morgan fingerprint density at radius 1 is 1.00 bits per heavy atom. The predicted molar refractivity (Wildman–Crippen MR) is 85.4 cm³/mol. The van der Waals surface area contributed by atoms with Crippen LogP contribution in [0.3, 0.4) is 0 Å². The molecule has 0 heterocycles. The number of carbonyl (C=O) groups excluding carboxylic acids is 1. The van der Waals surface area contributed by atoms with Crippen molar-refractivity contribution >= 4 is 5.97 Å². The molecule has 2 aromatic carbocycles. The smallest absolute Gasteiger partial charge is 0.313 e. The first-order chi connectivity index (χ1) is 11.1. The van der Waals surface area contributed by atoms with Crippen LogP contribution in [0, 0.1) is 0 Å². The van der Waals surface area contributed by atoms with Crippen molar-refractivity contribution < 1.29 is 24.5 Å². The maximum Gasteiger partial charge on any atom is 0.313 e. The summed E-state index contributed by atoms with van der Waals surface area (Å²) >= 11 is 0. The topological polar surface area (TPSA) is 76.0 Å². The number of rotatable bonds is 7. The molecule has 0 aromatic heterocycles. The number of para-hydroxylation sites is 1. The van der Waals surface area contributed by atoms with Crippen LogP contribution in [0.15, 0.2) is 54.6 Å². The van der Waals surface area contributed by atoms with Gasteiger partial charge in [0.15, 0.2) is 0 Å². The van der Waals surface area contributed by atoms with Crippen molar-refractivity contribution in [1.29, 1.82) is 0 Å². The lowest BCUT2D eigenvalue weighted by Crippen LogP contribution is -2.27. The summed E-state index contributed by atoms with van der Waals surface area (Å²) in [5.74, 6) is 0.291. The molecule has 0 spiro atoms. The van der Waals surface area contributed by atoms with E-state index in [1.165, 1.54) is 0 Å². The van der Waals surface area contributed by atoms with Gasteiger partial charge in [0.2, 0.25) is 0 Å². The van der Waals surface area contributed by atoms with Crippen molar-refractivity contribution in [1.82, 2.24) is 0 Å². The molecule has 0 radical (unpaired) electrons. The Bertz CT molecular complexity index is 622. The van der Waals surface area contributed by atoms with E-state index in [2.05, 4.69) is 0 Å². The van der Waals surface area contributed by atoms with E-state index >= 15 is 0 Å². The molecule has 23 heavy (non-hydrogen) atoms. The van der Waals surface area contributed by atoms with Crippen molar-refractivity contribution in [2.75, 3.05) is 13.2 Å². The van der Waals surface area contributed by atoms with Gasteiger partial charge in [0, 0.05) is 0 Å². The molecule has 0 aliphatic carbocycles. The third kappa shape index (κ3) is 4.81. The van der Waals surface area contributed by atoms with E-state index in [0.29, 0.717) is 11.5 Å². The molecule has 0 aliphatic heterocycles. The molecule has 0 amide bonds. The Morgan fingerprint density at radius 2 is 1.65 bits per heavy atom. The monoisotopic (exact) mass is 316 g/mol. The molecule has 2 N–H and O–H groups in total. The number of aliphatic hydroxyl groups excluding tert-OH is 2. The molecule has 0 saturated carbocycles. The van der Waals surface area contributed by atoms with Crippen molar-refractivity contribution in [2.45, 2.75) is 18.9 Å². The summed E-state index contributed by atoms with van der Waals surface area (Å²) in [5, 5.41) is 18.0. The minimum Gasteiger partial charge on any atom is -0.457 e. The normalized spacial score (nSPS) is 12.0. The lowest BCUT2D eigenvalue weighted by atomic mass is 10.0. The molecule has 1 atom stereocenters.